The zero-order valence-corrected chi connectivity index (χ0v) is 8.75. The molecule has 0 aromatic carbocycles. The van der Waals surface area contributed by atoms with Gasteiger partial charge in [0.05, 0.1) is 0 Å². The number of carbonyl (C=O) groups is 1. The minimum Gasteiger partial charge on any atom is -0.478 e. The van der Waals surface area contributed by atoms with Crippen molar-refractivity contribution in [2.24, 2.45) is 5.92 Å². The highest BCUT2D eigenvalue weighted by Crippen LogP contribution is 2.13. The molecule has 1 N–H and O–H groups in total. The number of aromatic nitrogens is 2. The van der Waals surface area contributed by atoms with E-state index in [1.807, 2.05) is 13.8 Å². The molecule has 1 aromatic heterocycles. The van der Waals surface area contributed by atoms with E-state index < -0.39 is 5.97 Å². The third-order valence-corrected chi connectivity index (χ3v) is 1.90. The number of halogens is 1. The summed E-state index contributed by atoms with van der Waals surface area (Å²) in [6.07, 6.45) is 1.94. The molecule has 0 aliphatic carbocycles. The van der Waals surface area contributed by atoms with Crippen LogP contribution in [0.4, 0.5) is 0 Å². The largest absolute Gasteiger partial charge is 0.478 e. The van der Waals surface area contributed by atoms with E-state index in [1.165, 1.54) is 6.20 Å². The SMILES string of the molecule is CC(C)Cc1ncc(C(=O)O)c(Cl)n1. The second kappa shape index (κ2) is 4.37. The molecule has 1 heterocycles. The fraction of sp³-hybridized carbons (Fsp3) is 0.444. The Hall–Kier alpha value is -1.16. The summed E-state index contributed by atoms with van der Waals surface area (Å²) >= 11 is 5.68. The fourth-order valence-electron chi connectivity index (χ4n) is 1.00. The first-order valence-corrected chi connectivity index (χ1v) is 4.63. The number of nitrogens with zero attached hydrogens (tertiary/aromatic N) is 2. The maximum Gasteiger partial charge on any atom is 0.340 e. The number of carboxylic acids is 1. The molecule has 0 saturated carbocycles. The van der Waals surface area contributed by atoms with Gasteiger partial charge in [-0.15, -0.1) is 0 Å². The zero-order chi connectivity index (χ0) is 10.7. The van der Waals surface area contributed by atoms with Crippen LogP contribution in [-0.2, 0) is 6.42 Å². The Kier molecular flexibility index (Phi) is 3.41. The second-order valence-electron chi connectivity index (χ2n) is 3.39. The summed E-state index contributed by atoms with van der Waals surface area (Å²) in [4.78, 5) is 18.4. The predicted molar refractivity (Wildman–Crippen MR) is 52.5 cm³/mol. The molecule has 0 radical (unpaired) electrons. The van der Waals surface area contributed by atoms with Crippen LogP contribution in [0.25, 0.3) is 0 Å². The summed E-state index contributed by atoms with van der Waals surface area (Å²) in [5.41, 5.74) is -0.0563. The van der Waals surface area contributed by atoms with Crippen LogP contribution in [0.1, 0.15) is 30.0 Å². The molecule has 0 aliphatic rings. The van der Waals surface area contributed by atoms with Crippen molar-refractivity contribution in [2.75, 3.05) is 0 Å². The normalized spacial score (nSPS) is 10.6. The molecule has 4 nitrogen and oxygen atoms in total. The quantitative estimate of drug-likeness (QED) is 0.782. The van der Waals surface area contributed by atoms with Crippen LogP contribution in [0.15, 0.2) is 6.20 Å². The monoisotopic (exact) mass is 214 g/mol. The Bertz CT molecular complexity index is 353. The number of rotatable bonds is 3. The maximum atomic E-state index is 10.6. The average molecular weight is 215 g/mol. The summed E-state index contributed by atoms with van der Waals surface area (Å²) in [5, 5.41) is 8.68. The second-order valence-corrected chi connectivity index (χ2v) is 3.75. The third kappa shape index (κ3) is 2.67. The minimum absolute atomic E-state index is 0.00292. The summed E-state index contributed by atoms with van der Waals surface area (Å²) in [7, 11) is 0. The fourth-order valence-corrected chi connectivity index (χ4v) is 1.23. The van der Waals surface area contributed by atoms with Gasteiger partial charge in [-0.05, 0) is 5.92 Å². The van der Waals surface area contributed by atoms with Crippen LogP contribution >= 0.6 is 11.6 Å². The molecule has 76 valence electrons. The minimum atomic E-state index is -1.11. The molecule has 0 saturated heterocycles. The van der Waals surface area contributed by atoms with E-state index in [4.69, 9.17) is 16.7 Å². The zero-order valence-electron chi connectivity index (χ0n) is 7.99. The molecule has 0 aliphatic heterocycles. The van der Waals surface area contributed by atoms with Crippen molar-refractivity contribution in [3.63, 3.8) is 0 Å². The lowest BCUT2D eigenvalue weighted by molar-refractivity contribution is 0.0696. The van der Waals surface area contributed by atoms with Crippen LogP contribution in [0, 0.1) is 5.92 Å². The van der Waals surface area contributed by atoms with Gasteiger partial charge in [0.25, 0.3) is 0 Å². The first kappa shape index (κ1) is 10.9. The Labute approximate surface area is 87.0 Å². The van der Waals surface area contributed by atoms with Crippen LogP contribution in [0.5, 0.6) is 0 Å². The molecule has 0 fully saturated rings. The van der Waals surface area contributed by atoms with E-state index in [0.717, 1.165) is 0 Å². The number of hydrogen-bond donors (Lipinski definition) is 1. The van der Waals surface area contributed by atoms with Crippen LogP contribution in [-0.4, -0.2) is 21.0 Å². The van der Waals surface area contributed by atoms with E-state index in [0.29, 0.717) is 18.2 Å². The highest BCUT2D eigenvalue weighted by Gasteiger charge is 2.11. The van der Waals surface area contributed by atoms with Crippen molar-refractivity contribution in [3.8, 4) is 0 Å². The van der Waals surface area contributed by atoms with Gasteiger partial charge < -0.3 is 5.11 Å². The van der Waals surface area contributed by atoms with E-state index in [-0.39, 0.29) is 10.7 Å². The van der Waals surface area contributed by atoms with Crippen molar-refractivity contribution in [2.45, 2.75) is 20.3 Å². The molecule has 0 unspecified atom stereocenters. The summed E-state index contributed by atoms with van der Waals surface area (Å²) in [6.45, 7) is 4.06. The Morgan fingerprint density at radius 2 is 2.29 bits per heavy atom. The van der Waals surface area contributed by atoms with Gasteiger partial charge >= 0.3 is 5.97 Å². The van der Waals surface area contributed by atoms with Gasteiger partial charge in [0.2, 0.25) is 0 Å². The summed E-state index contributed by atoms with van der Waals surface area (Å²) in [5.74, 6) is -0.108. The smallest absolute Gasteiger partial charge is 0.340 e. The predicted octanol–water partition coefficient (Wildman–Crippen LogP) is 2.03. The molecular weight excluding hydrogens is 204 g/mol. The van der Waals surface area contributed by atoms with Crippen LogP contribution in [0.2, 0.25) is 5.15 Å². The molecule has 0 bridgehead atoms. The molecule has 5 heteroatoms. The summed E-state index contributed by atoms with van der Waals surface area (Å²) < 4.78 is 0. The topological polar surface area (TPSA) is 63.1 Å². The van der Waals surface area contributed by atoms with Crippen molar-refractivity contribution in [3.05, 3.63) is 22.7 Å². The molecule has 0 amide bonds. The first-order valence-electron chi connectivity index (χ1n) is 4.25. The van der Waals surface area contributed by atoms with Gasteiger partial charge in [0, 0.05) is 12.6 Å². The molecule has 1 rings (SSSR count). The van der Waals surface area contributed by atoms with Crippen LogP contribution < -0.4 is 0 Å². The van der Waals surface area contributed by atoms with Crippen molar-refractivity contribution >= 4 is 17.6 Å². The Morgan fingerprint density at radius 1 is 1.64 bits per heavy atom. The molecule has 1 aromatic rings. The van der Waals surface area contributed by atoms with Gasteiger partial charge in [-0.25, -0.2) is 14.8 Å². The van der Waals surface area contributed by atoms with E-state index in [9.17, 15) is 4.79 Å². The Morgan fingerprint density at radius 3 is 2.71 bits per heavy atom. The number of hydrogen-bond acceptors (Lipinski definition) is 3. The highest BCUT2D eigenvalue weighted by molar-refractivity contribution is 6.32. The summed E-state index contributed by atoms with van der Waals surface area (Å²) in [6, 6.07) is 0. The van der Waals surface area contributed by atoms with Gasteiger partial charge in [-0.2, -0.15) is 0 Å². The van der Waals surface area contributed by atoms with E-state index in [1.54, 1.807) is 0 Å². The van der Waals surface area contributed by atoms with Crippen molar-refractivity contribution < 1.29 is 9.90 Å². The molecule has 14 heavy (non-hydrogen) atoms. The van der Waals surface area contributed by atoms with Crippen molar-refractivity contribution in [1.82, 2.24) is 9.97 Å². The lowest BCUT2D eigenvalue weighted by Crippen LogP contribution is -2.06. The lowest BCUT2D eigenvalue weighted by Gasteiger charge is -2.04. The number of aromatic carboxylic acids is 1. The standard InChI is InChI=1S/C9H11ClN2O2/c1-5(2)3-7-11-4-6(9(13)14)8(10)12-7/h4-5H,3H2,1-2H3,(H,13,14). The average Bonchev–Trinajstić information content (AvgIpc) is 2.01. The molecule has 0 spiro atoms. The molecule has 0 atom stereocenters. The van der Waals surface area contributed by atoms with Crippen LogP contribution in [0.3, 0.4) is 0 Å². The van der Waals surface area contributed by atoms with Gasteiger partial charge in [0.1, 0.15) is 16.5 Å². The van der Waals surface area contributed by atoms with E-state index >= 15 is 0 Å². The van der Waals surface area contributed by atoms with Crippen molar-refractivity contribution in [1.29, 1.82) is 0 Å². The van der Waals surface area contributed by atoms with E-state index in [2.05, 4.69) is 9.97 Å². The number of carboxylic acid groups (broad SMARTS) is 1. The van der Waals surface area contributed by atoms with Gasteiger partial charge in [-0.3, -0.25) is 0 Å². The molecular formula is C9H11ClN2O2. The maximum absolute atomic E-state index is 10.6. The first-order chi connectivity index (χ1) is 6.50. The van der Waals surface area contributed by atoms with Gasteiger partial charge in [0.15, 0.2) is 0 Å². The van der Waals surface area contributed by atoms with Gasteiger partial charge in [-0.1, -0.05) is 25.4 Å². The lowest BCUT2D eigenvalue weighted by atomic mass is 10.1. The third-order valence-electron chi connectivity index (χ3n) is 1.61. The highest BCUT2D eigenvalue weighted by atomic mass is 35.5. The Balaban J connectivity index is 2.94.